The third-order valence-corrected chi connectivity index (χ3v) is 3.16. The van der Waals surface area contributed by atoms with E-state index >= 15 is 0 Å². The number of aromatic nitrogens is 2. The van der Waals surface area contributed by atoms with E-state index in [-0.39, 0.29) is 0 Å². The first-order chi connectivity index (χ1) is 8.90. The zero-order valence-electron chi connectivity index (χ0n) is 11.1. The fourth-order valence-corrected chi connectivity index (χ4v) is 2.17. The van der Waals surface area contributed by atoms with E-state index in [9.17, 15) is 8.42 Å². The number of sulfonamides is 1. The first-order valence-electron chi connectivity index (χ1n) is 6.12. The normalized spacial score (nSPS) is 11.5. The number of hydrogen-bond donors (Lipinski definition) is 2. The second kappa shape index (κ2) is 7.62. The van der Waals surface area contributed by atoms with Crippen LogP contribution in [0, 0.1) is 0 Å². The van der Waals surface area contributed by atoms with E-state index in [0.717, 1.165) is 19.1 Å². The second-order valence-corrected chi connectivity index (χ2v) is 6.41. The van der Waals surface area contributed by atoms with Crippen LogP contribution in [0.5, 0.6) is 0 Å². The number of hydrogen-bond acceptors (Lipinski definition) is 5. The highest BCUT2D eigenvalue weighted by atomic mass is 35.5. The summed E-state index contributed by atoms with van der Waals surface area (Å²) in [7, 11) is -3.11. The van der Waals surface area contributed by atoms with Crippen molar-refractivity contribution in [3.05, 3.63) is 17.0 Å². The third kappa shape index (κ3) is 7.29. The molecule has 0 aliphatic carbocycles. The van der Waals surface area contributed by atoms with Crippen molar-refractivity contribution in [1.82, 2.24) is 14.7 Å². The Kier molecular flexibility index (Phi) is 6.47. The summed E-state index contributed by atoms with van der Waals surface area (Å²) in [6.07, 6.45) is 3.54. The van der Waals surface area contributed by atoms with Gasteiger partial charge in [-0.25, -0.2) is 23.1 Å². The molecule has 0 aliphatic heterocycles. The van der Waals surface area contributed by atoms with E-state index < -0.39 is 10.0 Å². The van der Waals surface area contributed by atoms with Crippen LogP contribution in [0.15, 0.2) is 6.07 Å². The van der Waals surface area contributed by atoms with Crippen LogP contribution in [0.3, 0.4) is 0 Å². The maximum atomic E-state index is 10.9. The number of rotatable bonds is 8. The molecule has 1 aromatic heterocycles. The summed E-state index contributed by atoms with van der Waals surface area (Å²) in [5, 5.41) is 3.51. The van der Waals surface area contributed by atoms with Crippen molar-refractivity contribution in [3.63, 3.8) is 0 Å². The van der Waals surface area contributed by atoms with E-state index in [0.29, 0.717) is 36.3 Å². The quantitative estimate of drug-likeness (QED) is 0.561. The van der Waals surface area contributed by atoms with Crippen molar-refractivity contribution in [2.45, 2.75) is 26.2 Å². The van der Waals surface area contributed by atoms with Gasteiger partial charge in [0, 0.05) is 25.6 Å². The maximum Gasteiger partial charge on any atom is 0.208 e. The lowest BCUT2D eigenvalue weighted by atomic mass is 10.3. The molecule has 0 saturated carbocycles. The number of nitrogens with zero attached hydrogens (tertiary/aromatic N) is 2. The van der Waals surface area contributed by atoms with Crippen molar-refractivity contribution >= 4 is 27.4 Å². The Morgan fingerprint density at radius 1 is 1.32 bits per heavy atom. The molecular formula is C11H19ClN4O2S. The van der Waals surface area contributed by atoms with Crippen LogP contribution >= 0.6 is 11.6 Å². The Morgan fingerprint density at radius 2 is 2.05 bits per heavy atom. The van der Waals surface area contributed by atoms with Crippen molar-refractivity contribution in [1.29, 1.82) is 0 Å². The van der Waals surface area contributed by atoms with Crippen molar-refractivity contribution in [2.75, 3.05) is 24.7 Å². The molecule has 8 heteroatoms. The monoisotopic (exact) mass is 306 g/mol. The van der Waals surface area contributed by atoms with Crippen molar-refractivity contribution in [3.8, 4) is 0 Å². The Morgan fingerprint density at radius 3 is 2.68 bits per heavy atom. The lowest BCUT2D eigenvalue weighted by Gasteiger charge is -2.07. The molecule has 108 valence electrons. The van der Waals surface area contributed by atoms with Gasteiger partial charge in [0.1, 0.15) is 16.8 Å². The van der Waals surface area contributed by atoms with Gasteiger partial charge in [-0.3, -0.25) is 0 Å². The van der Waals surface area contributed by atoms with Gasteiger partial charge in [-0.15, -0.1) is 0 Å². The summed E-state index contributed by atoms with van der Waals surface area (Å²) in [5.41, 5.74) is 0. The zero-order valence-corrected chi connectivity index (χ0v) is 12.7. The molecule has 0 atom stereocenters. The standard InChI is InChI=1S/C11H19ClN4O2S/c1-3-5-10-15-9(12)8-11(16-10)13-6-4-7-14-19(2,17)18/h8,14H,3-7H2,1-2H3,(H,13,15,16). The predicted molar refractivity (Wildman–Crippen MR) is 77.0 cm³/mol. The van der Waals surface area contributed by atoms with Gasteiger partial charge < -0.3 is 5.32 Å². The number of halogens is 1. The topological polar surface area (TPSA) is 84.0 Å². The third-order valence-electron chi connectivity index (χ3n) is 2.24. The van der Waals surface area contributed by atoms with Gasteiger partial charge in [-0.2, -0.15) is 0 Å². The molecular weight excluding hydrogens is 288 g/mol. The highest BCUT2D eigenvalue weighted by molar-refractivity contribution is 7.88. The molecule has 1 aromatic rings. The van der Waals surface area contributed by atoms with Crippen LogP contribution < -0.4 is 10.0 Å². The lowest BCUT2D eigenvalue weighted by Crippen LogP contribution is -2.24. The molecule has 0 fully saturated rings. The molecule has 0 radical (unpaired) electrons. The number of nitrogens with one attached hydrogen (secondary N) is 2. The minimum absolute atomic E-state index is 0.395. The Balaban J connectivity index is 2.40. The maximum absolute atomic E-state index is 10.9. The summed E-state index contributed by atoms with van der Waals surface area (Å²) in [4.78, 5) is 8.45. The van der Waals surface area contributed by atoms with Crippen molar-refractivity contribution < 1.29 is 8.42 Å². The van der Waals surface area contributed by atoms with Gasteiger partial charge in [-0.1, -0.05) is 18.5 Å². The predicted octanol–water partition coefficient (Wildman–Crippen LogP) is 1.43. The summed E-state index contributed by atoms with van der Waals surface area (Å²) in [6, 6.07) is 1.66. The first-order valence-corrected chi connectivity index (χ1v) is 8.39. The number of aryl methyl sites for hydroxylation is 1. The summed E-state index contributed by atoms with van der Waals surface area (Å²) in [6.45, 7) is 3.06. The molecule has 19 heavy (non-hydrogen) atoms. The molecule has 0 aromatic carbocycles. The van der Waals surface area contributed by atoms with E-state index in [4.69, 9.17) is 11.6 Å². The molecule has 0 unspecified atom stereocenters. The molecule has 6 nitrogen and oxygen atoms in total. The van der Waals surface area contributed by atoms with Crippen molar-refractivity contribution in [2.24, 2.45) is 0 Å². The Labute approximate surface area is 119 Å². The van der Waals surface area contributed by atoms with Crippen LogP contribution in [0.2, 0.25) is 5.15 Å². The SMILES string of the molecule is CCCc1nc(Cl)cc(NCCCNS(C)(=O)=O)n1. The largest absolute Gasteiger partial charge is 0.370 e. The smallest absolute Gasteiger partial charge is 0.208 e. The summed E-state index contributed by atoms with van der Waals surface area (Å²) in [5.74, 6) is 1.38. The first kappa shape index (κ1) is 16.1. The van der Waals surface area contributed by atoms with E-state index in [2.05, 4.69) is 20.0 Å². The molecule has 0 spiro atoms. The average molecular weight is 307 g/mol. The van der Waals surface area contributed by atoms with Gasteiger partial charge in [0.2, 0.25) is 10.0 Å². The summed E-state index contributed by atoms with van der Waals surface area (Å²) >= 11 is 5.90. The molecule has 1 rings (SSSR count). The van der Waals surface area contributed by atoms with Crippen LogP contribution in [0.4, 0.5) is 5.82 Å². The minimum Gasteiger partial charge on any atom is -0.370 e. The van der Waals surface area contributed by atoms with Gasteiger partial charge in [0.25, 0.3) is 0 Å². The lowest BCUT2D eigenvalue weighted by molar-refractivity contribution is 0.586. The minimum atomic E-state index is -3.11. The number of anilines is 1. The molecule has 0 saturated heterocycles. The van der Waals surface area contributed by atoms with E-state index in [1.165, 1.54) is 0 Å². The highest BCUT2D eigenvalue weighted by Gasteiger charge is 2.03. The van der Waals surface area contributed by atoms with Crippen LogP contribution in [-0.2, 0) is 16.4 Å². The molecule has 0 amide bonds. The fraction of sp³-hybridized carbons (Fsp3) is 0.636. The van der Waals surface area contributed by atoms with Crippen LogP contribution in [0.1, 0.15) is 25.6 Å². The van der Waals surface area contributed by atoms with Gasteiger partial charge in [-0.05, 0) is 12.8 Å². The zero-order chi connectivity index (χ0) is 14.3. The average Bonchev–Trinajstić information content (AvgIpc) is 2.26. The van der Waals surface area contributed by atoms with Crippen LogP contribution in [0.25, 0.3) is 0 Å². The van der Waals surface area contributed by atoms with Gasteiger partial charge >= 0.3 is 0 Å². The fourth-order valence-electron chi connectivity index (χ4n) is 1.45. The van der Waals surface area contributed by atoms with Gasteiger partial charge in [0.15, 0.2) is 0 Å². The van der Waals surface area contributed by atoms with Gasteiger partial charge in [0.05, 0.1) is 6.26 Å². The Bertz CT molecular complexity index is 507. The van der Waals surface area contributed by atoms with E-state index in [1.54, 1.807) is 6.07 Å². The molecule has 1 heterocycles. The second-order valence-electron chi connectivity index (χ2n) is 4.19. The Hall–Kier alpha value is -0.920. The summed E-state index contributed by atoms with van der Waals surface area (Å²) < 4.78 is 24.1. The molecule has 0 aliphatic rings. The van der Waals surface area contributed by atoms with E-state index in [1.807, 2.05) is 6.92 Å². The molecule has 0 bridgehead atoms. The highest BCUT2D eigenvalue weighted by Crippen LogP contribution is 2.12. The molecule has 2 N–H and O–H groups in total. The van der Waals surface area contributed by atoms with Crippen LogP contribution in [-0.4, -0.2) is 37.7 Å².